The van der Waals surface area contributed by atoms with Crippen LogP contribution in [0.1, 0.15) is 57.8 Å². The molecule has 0 aromatic heterocycles. The maximum Gasteiger partial charge on any atom is 0.241 e. The molecule has 1 heterocycles. The fraction of sp³-hybridized carbons (Fsp3) is 0.875. The van der Waals surface area contributed by atoms with Gasteiger partial charge < -0.3 is 15.5 Å². The Morgan fingerprint density at radius 1 is 1.00 bits per heavy atom. The van der Waals surface area contributed by atoms with E-state index in [-0.39, 0.29) is 23.9 Å². The molecule has 1 aliphatic heterocycles. The molecule has 0 unspecified atom stereocenters. The SMILES string of the molecule is CNC1(CC(=O)NCC(=O)N2CCCCC2)CCCCC1. The number of rotatable bonds is 5. The summed E-state index contributed by atoms with van der Waals surface area (Å²) in [5.74, 6) is 0.0572. The van der Waals surface area contributed by atoms with Crippen LogP contribution in [-0.4, -0.2) is 48.9 Å². The number of nitrogens with zero attached hydrogens (tertiary/aromatic N) is 1. The van der Waals surface area contributed by atoms with Crippen LogP contribution < -0.4 is 10.6 Å². The van der Waals surface area contributed by atoms with E-state index in [1.165, 1.54) is 25.7 Å². The average Bonchev–Trinajstić information content (AvgIpc) is 2.54. The van der Waals surface area contributed by atoms with Gasteiger partial charge in [0.05, 0.1) is 6.54 Å². The lowest BCUT2D eigenvalue weighted by molar-refractivity contribution is -0.134. The summed E-state index contributed by atoms with van der Waals surface area (Å²) in [4.78, 5) is 26.1. The maximum absolute atomic E-state index is 12.1. The average molecular weight is 295 g/mol. The highest BCUT2D eigenvalue weighted by molar-refractivity contribution is 5.85. The molecule has 5 nitrogen and oxygen atoms in total. The van der Waals surface area contributed by atoms with Crippen molar-refractivity contribution in [1.82, 2.24) is 15.5 Å². The summed E-state index contributed by atoms with van der Waals surface area (Å²) in [6, 6.07) is 0. The molecule has 120 valence electrons. The molecule has 2 N–H and O–H groups in total. The molecule has 5 heteroatoms. The standard InChI is InChI=1S/C16H29N3O2/c1-17-16(8-4-2-5-9-16)12-14(20)18-13-15(21)19-10-6-3-7-11-19/h17H,2-13H2,1H3,(H,18,20). The van der Waals surface area contributed by atoms with Crippen LogP contribution in [0.15, 0.2) is 0 Å². The first-order valence-electron chi connectivity index (χ1n) is 8.39. The first-order valence-corrected chi connectivity index (χ1v) is 8.39. The summed E-state index contributed by atoms with van der Waals surface area (Å²) in [7, 11) is 1.94. The molecule has 0 bridgehead atoms. The van der Waals surface area contributed by atoms with E-state index < -0.39 is 0 Å². The van der Waals surface area contributed by atoms with Crippen LogP contribution in [0.5, 0.6) is 0 Å². The first kappa shape index (κ1) is 16.3. The first-order chi connectivity index (χ1) is 10.2. The Bertz CT molecular complexity index is 359. The minimum absolute atomic E-state index is 0.00314. The molecule has 2 rings (SSSR count). The van der Waals surface area contributed by atoms with E-state index in [1.807, 2.05) is 11.9 Å². The third-order valence-electron chi connectivity index (χ3n) is 4.99. The van der Waals surface area contributed by atoms with Gasteiger partial charge in [0, 0.05) is 25.0 Å². The normalized spacial score (nSPS) is 21.9. The molecule has 1 saturated carbocycles. The van der Waals surface area contributed by atoms with Gasteiger partial charge in [-0.3, -0.25) is 9.59 Å². The molecule has 0 radical (unpaired) electrons. The number of hydrogen-bond donors (Lipinski definition) is 2. The summed E-state index contributed by atoms with van der Waals surface area (Å²) in [6.45, 7) is 1.84. The molecule has 0 aromatic carbocycles. The van der Waals surface area contributed by atoms with Crippen LogP contribution >= 0.6 is 0 Å². The zero-order chi connectivity index (χ0) is 15.1. The lowest BCUT2D eigenvalue weighted by Crippen LogP contribution is -2.49. The fourth-order valence-electron chi connectivity index (χ4n) is 3.54. The fourth-order valence-corrected chi connectivity index (χ4v) is 3.54. The van der Waals surface area contributed by atoms with Crippen LogP contribution in [0, 0.1) is 0 Å². The Morgan fingerprint density at radius 3 is 2.24 bits per heavy atom. The van der Waals surface area contributed by atoms with Crippen molar-refractivity contribution in [2.45, 2.75) is 63.3 Å². The third kappa shape index (κ3) is 4.70. The number of nitrogens with one attached hydrogen (secondary N) is 2. The van der Waals surface area contributed by atoms with Crippen LogP contribution in [0.3, 0.4) is 0 Å². The molecule has 1 saturated heterocycles. The van der Waals surface area contributed by atoms with Gasteiger partial charge in [0.2, 0.25) is 11.8 Å². The maximum atomic E-state index is 12.1. The van der Waals surface area contributed by atoms with Crippen LogP contribution in [0.2, 0.25) is 0 Å². The van der Waals surface area contributed by atoms with E-state index >= 15 is 0 Å². The molecule has 21 heavy (non-hydrogen) atoms. The molecule has 0 aromatic rings. The zero-order valence-electron chi connectivity index (χ0n) is 13.2. The largest absolute Gasteiger partial charge is 0.347 e. The second-order valence-electron chi connectivity index (χ2n) is 6.49. The summed E-state index contributed by atoms with van der Waals surface area (Å²) >= 11 is 0. The molecular weight excluding hydrogens is 266 g/mol. The molecule has 2 aliphatic rings. The van der Waals surface area contributed by atoms with E-state index in [2.05, 4.69) is 10.6 Å². The number of carbonyl (C=O) groups excluding carboxylic acids is 2. The van der Waals surface area contributed by atoms with E-state index in [0.29, 0.717) is 6.42 Å². The second kappa shape index (κ2) is 7.78. The number of amides is 2. The second-order valence-corrected chi connectivity index (χ2v) is 6.49. The van der Waals surface area contributed by atoms with Crippen molar-refractivity contribution in [3.63, 3.8) is 0 Å². The Morgan fingerprint density at radius 2 is 1.62 bits per heavy atom. The summed E-state index contributed by atoms with van der Waals surface area (Å²) < 4.78 is 0. The smallest absolute Gasteiger partial charge is 0.241 e. The van der Waals surface area contributed by atoms with Gasteiger partial charge in [0.1, 0.15) is 0 Å². The van der Waals surface area contributed by atoms with Crippen molar-refractivity contribution < 1.29 is 9.59 Å². The summed E-state index contributed by atoms with van der Waals surface area (Å²) in [5.41, 5.74) is -0.0590. The van der Waals surface area contributed by atoms with Crippen molar-refractivity contribution in [1.29, 1.82) is 0 Å². The van der Waals surface area contributed by atoms with Crippen LogP contribution in [-0.2, 0) is 9.59 Å². The van der Waals surface area contributed by atoms with Gasteiger partial charge in [0.25, 0.3) is 0 Å². The zero-order valence-corrected chi connectivity index (χ0v) is 13.2. The Labute approximate surface area is 127 Å². The van der Waals surface area contributed by atoms with Crippen molar-refractivity contribution in [2.75, 3.05) is 26.7 Å². The number of hydrogen-bond acceptors (Lipinski definition) is 3. The Hall–Kier alpha value is -1.10. The van der Waals surface area contributed by atoms with Gasteiger partial charge >= 0.3 is 0 Å². The molecule has 0 atom stereocenters. The molecule has 1 aliphatic carbocycles. The molecule has 0 spiro atoms. The van der Waals surface area contributed by atoms with E-state index in [4.69, 9.17) is 0 Å². The monoisotopic (exact) mass is 295 g/mol. The van der Waals surface area contributed by atoms with Crippen molar-refractivity contribution in [3.05, 3.63) is 0 Å². The van der Waals surface area contributed by atoms with Gasteiger partial charge in [-0.2, -0.15) is 0 Å². The van der Waals surface area contributed by atoms with Gasteiger partial charge in [0.15, 0.2) is 0 Å². The lowest BCUT2D eigenvalue weighted by atomic mass is 9.79. The predicted molar refractivity (Wildman–Crippen MR) is 82.9 cm³/mol. The van der Waals surface area contributed by atoms with E-state index in [9.17, 15) is 9.59 Å². The molecule has 2 amide bonds. The van der Waals surface area contributed by atoms with Crippen molar-refractivity contribution >= 4 is 11.8 Å². The Balaban J connectivity index is 1.74. The number of piperidine rings is 1. The third-order valence-corrected chi connectivity index (χ3v) is 4.99. The van der Waals surface area contributed by atoms with Crippen LogP contribution in [0.25, 0.3) is 0 Å². The summed E-state index contributed by atoms with van der Waals surface area (Å²) in [5, 5.41) is 6.16. The predicted octanol–water partition coefficient (Wildman–Crippen LogP) is 1.43. The minimum Gasteiger partial charge on any atom is -0.347 e. The van der Waals surface area contributed by atoms with Gasteiger partial charge in [-0.15, -0.1) is 0 Å². The minimum atomic E-state index is -0.0590. The highest BCUT2D eigenvalue weighted by Crippen LogP contribution is 2.30. The molecule has 2 fully saturated rings. The van der Waals surface area contributed by atoms with Gasteiger partial charge in [-0.1, -0.05) is 19.3 Å². The highest BCUT2D eigenvalue weighted by atomic mass is 16.2. The van der Waals surface area contributed by atoms with Gasteiger partial charge in [-0.25, -0.2) is 0 Å². The van der Waals surface area contributed by atoms with Crippen molar-refractivity contribution in [2.24, 2.45) is 0 Å². The topological polar surface area (TPSA) is 61.4 Å². The molecular formula is C16H29N3O2. The number of likely N-dealkylation sites (tertiary alicyclic amines) is 1. The lowest BCUT2D eigenvalue weighted by Gasteiger charge is -2.36. The highest BCUT2D eigenvalue weighted by Gasteiger charge is 2.32. The number of carbonyl (C=O) groups is 2. The van der Waals surface area contributed by atoms with Crippen LogP contribution in [0.4, 0.5) is 0 Å². The van der Waals surface area contributed by atoms with Crippen molar-refractivity contribution in [3.8, 4) is 0 Å². The summed E-state index contributed by atoms with van der Waals surface area (Å²) in [6.07, 6.45) is 9.59. The quantitative estimate of drug-likeness (QED) is 0.806. The van der Waals surface area contributed by atoms with E-state index in [0.717, 1.165) is 38.8 Å². The van der Waals surface area contributed by atoms with E-state index in [1.54, 1.807) is 0 Å². The Kier molecular flexibility index (Phi) is 6.03. The van der Waals surface area contributed by atoms with Gasteiger partial charge in [-0.05, 0) is 39.2 Å².